The Labute approximate surface area is 155 Å². The van der Waals surface area contributed by atoms with E-state index in [1.54, 1.807) is 23.3 Å². The number of carbonyl (C=O) groups excluding carboxylic acids is 2. The molecule has 0 saturated carbocycles. The van der Waals surface area contributed by atoms with Crippen molar-refractivity contribution < 1.29 is 14.3 Å². The zero-order valence-corrected chi connectivity index (χ0v) is 15.8. The maximum absolute atomic E-state index is 12.9. The summed E-state index contributed by atoms with van der Waals surface area (Å²) < 4.78 is 5.61. The average Bonchev–Trinajstić information content (AvgIpc) is 3.27. The second-order valence-corrected chi connectivity index (χ2v) is 8.42. The summed E-state index contributed by atoms with van der Waals surface area (Å²) in [5, 5.41) is 7.19. The average molecular weight is 374 g/mol. The minimum absolute atomic E-state index is 0.0736. The van der Waals surface area contributed by atoms with Crippen LogP contribution in [-0.2, 0) is 4.74 Å². The Morgan fingerprint density at radius 3 is 2.88 bits per heavy atom. The number of H-pyrrole nitrogens is 1. The molecule has 1 atom stereocenters. The molecule has 2 aliphatic rings. The van der Waals surface area contributed by atoms with Crippen LogP contribution < -0.4 is 0 Å². The Bertz CT molecular complexity index is 845. The number of likely N-dealkylation sites (N-methyl/N-ethyl adjacent to an activating group) is 1. The molecule has 26 heavy (non-hydrogen) atoms. The van der Waals surface area contributed by atoms with Crippen LogP contribution in [0.15, 0.2) is 18.2 Å². The third kappa shape index (κ3) is 3.09. The fourth-order valence-corrected chi connectivity index (χ4v) is 4.56. The SMILES string of the molecule is Cc1ccc(-c2cc(C(=O)N3CCCC4(CC3)CN(C)C(=O)O4)n[nH]2)s1. The molecule has 7 nitrogen and oxygen atoms in total. The van der Waals surface area contributed by atoms with E-state index in [4.69, 9.17) is 4.74 Å². The molecule has 138 valence electrons. The molecule has 2 aliphatic heterocycles. The van der Waals surface area contributed by atoms with Gasteiger partial charge in [-0.3, -0.25) is 9.89 Å². The van der Waals surface area contributed by atoms with Gasteiger partial charge in [0.25, 0.3) is 5.91 Å². The van der Waals surface area contributed by atoms with Gasteiger partial charge in [0.05, 0.1) is 17.1 Å². The van der Waals surface area contributed by atoms with Crippen molar-refractivity contribution in [1.29, 1.82) is 0 Å². The number of nitrogens with zero attached hydrogens (tertiary/aromatic N) is 3. The van der Waals surface area contributed by atoms with E-state index in [-0.39, 0.29) is 12.0 Å². The van der Waals surface area contributed by atoms with Crippen molar-refractivity contribution in [2.24, 2.45) is 0 Å². The van der Waals surface area contributed by atoms with Gasteiger partial charge in [-0.1, -0.05) is 0 Å². The molecule has 2 amide bonds. The summed E-state index contributed by atoms with van der Waals surface area (Å²) >= 11 is 1.67. The monoisotopic (exact) mass is 374 g/mol. The number of rotatable bonds is 2. The van der Waals surface area contributed by atoms with Gasteiger partial charge in [0.1, 0.15) is 5.60 Å². The van der Waals surface area contributed by atoms with E-state index in [1.807, 2.05) is 17.0 Å². The van der Waals surface area contributed by atoms with Crippen LogP contribution in [-0.4, -0.2) is 64.3 Å². The molecule has 1 N–H and O–H groups in total. The van der Waals surface area contributed by atoms with Crippen molar-refractivity contribution in [2.45, 2.75) is 31.8 Å². The largest absolute Gasteiger partial charge is 0.441 e. The number of carbonyl (C=O) groups is 2. The van der Waals surface area contributed by atoms with Crippen LogP contribution in [0.4, 0.5) is 4.79 Å². The highest BCUT2D eigenvalue weighted by Gasteiger charge is 2.44. The lowest BCUT2D eigenvalue weighted by atomic mass is 9.95. The molecule has 8 heteroatoms. The molecule has 1 unspecified atom stereocenters. The number of aryl methyl sites for hydroxylation is 1. The Hall–Kier alpha value is -2.35. The van der Waals surface area contributed by atoms with Gasteiger partial charge in [0.2, 0.25) is 0 Å². The van der Waals surface area contributed by atoms with E-state index in [2.05, 4.69) is 23.2 Å². The molecule has 1 spiro atoms. The van der Waals surface area contributed by atoms with E-state index < -0.39 is 5.60 Å². The number of nitrogens with one attached hydrogen (secondary N) is 1. The van der Waals surface area contributed by atoms with Crippen molar-refractivity contribution in [3.8, 4) is 10.6 Å². The minimum atomic E-state index is -0.452. The molecule has 0 aromatic carbocycles. The fraction of sp³-hybridized carbons (Fsp3) is 0.500. The number of thiophene rings is 1. The first-order valence-electron chi connectivity index (χ1n) is 8.81. The summed E-state index contributed by atoms with van der Waals surface area (Å²) in [6.07, 6.45) is 1.99. The van der Waals surface area contributed by atoms with Crippen LogP contribution in [0.2, 0.25) is 0 Å². The topological polar surface area (TPSA) is 78.5 Å². The van der Waals surface area contributed by atoms with Crippen LogP contribution in [0, 0.1) is 6.92 Å². The van der Waals surface area contributed by atoms with Crippen molar-refractivity contribution in [3.63, 3.8) is 0 Å². The highest BCUT2D eigenvalue weighted by molar-refractivity contribution is 7.15. The molecule has 2 saturated heterocycles. The normalized spacial score (nSPS) is 23.4. The molecular formula is C18H22N4O3S. The Morgan fingerprint density at radius 2 is 2.19 bits per heavy atom. The number of aromatic amines is 1. The minimum Gasteiger partial charge on any atom is -0.441 e. The van der Waals surface area contributed by atoms with Crippen LogP contribution in [0.25, 0.3) is 10.6 Å². The van der Waals surface area contributed by atoms with Crippen LogP contribution >= 0.6 is 11.3 Å². The van der Waals surface area contributed by atoms with Gasteiger partial charge in [0.15, 0.2) is 5.69 Å². The number of aromatic nitrogens is 2. The predicted octanol–water partition coefficient (Wildman–Crippen LogP) is 2.89. The Morgan fingerprint density at radius 1 is 1.35 bits per heavy atom. The molecule has 2 aromatic heterocycles. The zero-order chi connectivity index (χ0) is 18.3. The number of amides is 2. The van der Waals surface area contributed by atoms with Crippen LogP contribution in [0.1, 0.15) is 34.6 Å². The standard InChI is InChI=1S/C18H22N4O3S/c1-12-4-5-15(26-12)13-10-14(20-19-13)16(23)22-8-3-6-18(7-9-22)11-21(2)17(24)25-18/h4-5,10H,3,6-9,11H2,1-2H3,(H,19,20). The maximum atomic E-state index is 12.9. The summed E-state index contributed by atoms with van der Waals surface area (Å²) in [5.41, 5.74) is 0.846. The van der Waals surface area contributed by atoms with Crippen LogP contribution in [0.3, 0.4) is 0 Å². The highest BCUT2D eigenvalue weighted by Crippen LogP contribution is 2.33. The van der Waals surface area contributed by atoms with E-state index >= 15 is 0 Å². The third-order valence-corrected chi connectivity index (χ3v) is 6.16. The third-order valence-electron chi connectivity index (χ3n) is 5.13. The van der Waals surface area contributed by atoms with Gasteiger partial charge in [0, 0.05) is 31.4 Å². The molecular weight excluding hydrogens is 352 g/mol. The van der Waals surface area contributed by atoms with Gasteiger partial charge in [-0.05, 0) is 38.0 Å². The first kappa shape index (κ1) is 17.1. The lowest BCUT2D eigenvalue weighted by Crippen LogP contribution is -2.37. The quantitative estimate of drug-likeness (QED) is 0.877. The first-order chi connectivity index (χ1) is 12.5. The molecule has 0 aliphatic carbocycles. The van der Waals surface area contributed by atoms with E-state index in [0.717, 1.165) is 23.4 Å². The molecule has 4 heterocycles. The van der Waals surface area contributed by atoms with E-state index in [1.165, 1.54) is 4.88 Å². The molecule has 0 bridgehead atoms. The lowest BCUT2D eigenvalue weighted by Gasteiger charge is -2.25. The van der Waals surface area contributed by atoms with Gasteiger partial charge >= 0.3 is 6.09 Å². The second kappa shape index (κ2) is 6.42. The first-order valence-corrected chi connectivity index (χ1v) is 9.63. The van der Waals surface area contributed by atoms with E-state index in [9.17, 15) is 9.59 Å². The van der Waals surface area contributed by atoms with Gasteiger partial charge in [-0.15, -0.1) is 11.3 Å². The van der Waals surface area contributed by atoms with Crippen LogP contribution in [0.5, 0.6) is 0 Å². The van der Waals surface area contributed by atoms with Crippen molar-refractivity contribution in [3.05, 3.63) is 28.8 Å². The number of hydrogen-bond donors (Lipinski definition) is 1. The van der Waals surface area contributed by atoms with Crippen molar-refractivity contribution in [2.75, 3.05) is 26.7 Å². The number of likely N-dealkylation sites (tertiary alicyclic amines) is 1. The fourth-order valence-electron chi connectivity index (χ4n) is 3.72. The van der Waals surface area contributed by atoms with E-state index in [0.29, 0.717) is 31.7 Å². The zero-order valence-electron chi connectivity index (χ0n) is 14.9. The maximum Gasteiger partial charge on any atom is 0.410 e. The summed E-state index contributed by atoms with van der Waals surface area (Å²) in [6, 6.07) is 5.90. The van der Waals surface area contributed by atoms with Crippen molar-refractivity contribution in [1.82, 2.24) is 20.0 Å². The Balaban J connectivity index is 1.46. The summed E-state index contributed by atoms with van der Waals surface area (Å²) in [4.78, 5) is 30.3. The summed E-state index contributed by atoms with van der Waals surface area (Å²) in [5.74, 6) is -0.0736. The molecule has 2 aromatic rings. The second-order valence-electron chi connectivity index (χ2n) is 7.13. The molecule has 4 rings (SSSR count). The number of ether oxygens (including phenoxy) is 1. The van der Waals surface area contributed by atoms with Gasteiger partial charge < -0.3 is 14.5 Å². The summed E-state index contributed by atoms with van der Waals surface area (Å²) in [6.45, 7) is 3.87. The highest BCUT2D eigenvalue weighted by atomic mass is 32.1. The summed E-state index contributed by atoms with van der Waals surface area (Å²) in [7, 11) is 1.75. The lowest BCUT2D eigenvalue weighted by molar-refractivity contribution is 0.0438. The molecule has 2 fully saturated rings. The van der Waals surface area contributed by atoms with Gasteiger partial charge in [-0.2, -0.15) is 5.10 Å². The number of hydrogen-bond acceptors (Lipinski definition) is 5. The smallest absolute Gasteiger partial charge is 0.410 e. The molecule has 0 radical (unpaired) electrons. The predicted molar refractivity (Wildman–Crippen MR) is 98.2 cm³/mol. The van der Waals surface area contributed by atoms with Gasteiger partial charge in [-0.25, -0.2) is 4.79 Å². The van der Waals surface area contributed by atoms with Crippen molar-refractivity contribution >= 4 is 23.3 Å². The Kier molecular flexibility index (Phi) is 4.22.